The largest absolute Gasteiger partial charge is 0.495 e. The fourth-order valence-corrected chi connectivity index (χ4v) is 2.54. The van der Waals surface area contributed by atoms with Gasteiger partial charge in [0, 0.05) is 32.1 Å². The minimum atomic E-state index is 0.0352. The highest BCUT2D eigenvalue weighted by molar-refractivity contribution is 5.78. The second-order valence-corrected chi connectivity index (χ2v) is 5.47. The maximum atomic E-state index is 12.0. The summed E-state index contributed by atoms with van der Waals surface area (Å²) in [5.41, 5.74) is 1.54. The van der Waals surface area contributed by atoms with Crippen LogP contribution >= 0.6 is 0 Å². The standard InChI is InChI=1S/C16H21N3O2/c1-12(2)16(20)19-8-6-18(7-9-19)14-10-13(11-17)4-5-15(14)21-3/h4-5,10,12H,6-9H2,1-3H3. The van der Waals surface area contributed by atoms with Gasteiger partial charge in [-0.15, -0.1) is 0 Å². The van der Waals surface area contributed by atoms with Crippen molar-refractivity contribution in [3.8, 4) is 11.8 Å². The van der Waals surface area contributed by atoms with E-state index in [0.717, 1.165) is 24.5 Å². The van der Waals surface area contributed by atoms with Crippen LogP contribution in [0.25, 0.3) is 0 Å². The van der Waals surface area contributed by atoms with Crippen LogP contribution in [0.5, 0.6) is 5.75 Å². The molecule has 0 bridgehead atoms. The number of nitrogens with zero attached hydrogens (tertiary/aromatic N) is 3. The monoisotopic (exact) mass is 287 g/mol. The lowest BCUT2D eigenvalue weighted by molar-refractivity contribution is -0.134. The SMILES string of the molecule is COc1ccc(C#N)cc1N1CCN(C(=O)C(C)C)CC1. The molecule has 21 heavy (non-hydrogen) atoms. The van der Waals surface area contributed by atoms with E-state index in [9.17, 15) is 4.79 Å². The van der Waals surface area contributed by atoms with E-state index in [4.69, 9.17) is 10.00 Å². The Balaban J connectivity index is 2.12. The molecular formula is C16H21N3O2. The predicted octanol–water partition coefficient (Wildman–Crippen LogP) is 1.87. The zero-order valence-electron chi connectivity index (χ0n) is 12.8. The van der Waals surface area contributed by atoms with Crippen LogP contribution < -0.4 is 9.64 Å². The molecule has 1 aliphatic rings. The fraction of sp³-hybridized carbons (Fsp3) is 0.500. The fourth-order valence-electron chi connectivity index (χ4n) is 2.54. The number of ether oxygens (including phenoxy) is 1. The van der Waals surface area contributed by atoms with Crippen LogP contribution in [0.15, 0.2) is 18.2 Å². The summed E-state index contributed by atoms with van der Waals surface area (Å²) in [6.45, 7) is 6.77. The minimum absolute atomic E-state index is 0.0352. The van der Waals surface area contributed by atoms with E-state index in [0.29, 0.717) is 18.7 Å². The molecule has 1 aromatic rings. The Morgan fingerprint density at radius 3 is 2.48 bits per heavy atom. The number of benzene rings is 1. The number of hydrogen-bond donors (Lipinski definition) is 0. The maximum Gasteiger partial charge on any atom is 0.225 e. The Morgan fingerprint density at radius 2 is 1.95 bits per heavy atom. The number of anilines is 1. The van der Waals surface area contributed by atoms with Crippen LogP contribution in [0, 0.1) is 17.2 Å². The van der Waals surface area contributed by atoms with Crippen LogP contribution in [0.4, 0.5) is 5.69 Å². The lowest BCUT2D eigenvalue weighted by Gasteiger charge is -2.37. The zero-order valence-corrected chi connectivity index (χ0v) is 12.8. The highest BCUT2D eigenvalue weighted by atomic mass is 16.5. The van der Waals surface area contributed by atoms with Gasteiger partial charge >= 0.3 is 0 Å². The first kappa shape index (κ1) is 15.2. The first-order valence-corrected chi connectivity index (χ1v) is 7.18. The van der Waals surface area contributed by atoms with E-state index in [1.54, 1.807) is 13.2 Å². The van der Waals surface area contributed by atoms with Crippen molar-refractivity contribution in [2.24, 2.45) is 5.92 Å². The Labute approximate surface area is 125 Å². The van der Waals surface area contributed by atoms with Crippen molar-refractivity contribution in [1.82, 2.24) is 4.90 Å². The molecule has 0 atom stereocenters. The van der Waals surface area contributed by atoms with Gasteiger partial charge in [-0.2, -0.15) is 5.26 Å². The van der Waals surface area contributed by atoms with Gasteiger partial charge in [0.1, 0.15) is 5.75 Å². The molecule has 0 saturated carbocycles. The Bertz CT molecular complexity index is 555. The van der Waals surface area contributed by atoms with E-state index in [1.165, 1.54) is 0 Å². The molecule has 2 rings (SSSR count). The van der Waals surface area contributed by atoms with E-state index in [2.05, 4.69) is 11.0 Å². The number of hydrogen-bond acceptors (Lipinski definition) is 4. The smallest absolute Gasteiger partial charge is 0.225 e. The van der Waals surface area contributed by atoms with E-state index in [-0.39, 0.29) is 11.8 Å². The second-order valence-electron chi connectivity index (χ2n) is 5.47. The molecule has 0 N–H and O–H groups in total. The Hall–Kier alpha value is -2.22. The molecule has 0 radical (unpaired) electrons. The summed E-state index contributed by atoms with van der Waals surface area (Å²) in [6.07, 6.45) is 0. The van der Waals surface area contributed by atoms with Crippen LogP contribution in [-0.2, 0) is 4.79 Å². The van der Waals surface area contributed by atoms with Gasteiger partial charge in [-0.05, 0) is 18.2 Å². The molecule has 0 spiro atoms. The Morgan fingerprint density at radius 1 is 1.29 bits per heavy atom. The van der Waals surface area contributed by atoms with E-state index < -0.39 is 0 Å². The molecule has 1 amide bonds. The van der Waals surface area contributed by atoms with Gasteiger partial charge in [0.25, 0.3) is 0 Å². The topological polar surface area (TPSA) is 56.6 Å². The summed E-state index contributed by atoms with van der Waals surface area (Å²) in [5.74, 6) is 0.998. The second kappa shape index (κ2) is 6.49. The molecule has 5 heteroatoms. The number of piperazine rings is 1. The Kier molecular flexibility index (Phi) is 4.69. The molecule has 1 saturated heterocycles. The highest BCUT2D eigenvalue weighted by Crippen LogP contribution is 2.30. The number of rotatable bonds is 3. The number of nitriles is 1. The van der Waals surface area contributed by atoms with Gasteiger partial charge in [-0.25, -0.2) is 0 Å². The van der Waals surface area contributed by atoms with Gasteiger partial charge in [-0.3, -0.25) is 4.79 Å². The van der Waals surface area contributed by atoms with Crippen molar-refractivity contribution >= 4 is 11.6 Å². The van der Waals surface area contributed by atoms with Crippen LogP contribution in [0.1, 0.15) is 19.4 Å². The van der Waals surface area contributed by atoms with Crippen molar-refractivity contribution in [2.75, 3.05) is 38.2 Å². The molecule has 0 unspecified atom stereocenters. The number of amides is 1. The molecular weight excluding hydrogens is 266 g/mol. The quantitative estimate of drug-likeness (QED) is 0.851. The number of methoxy groups -OCH3 is 1. The zero-order chi connectivity index (χ0) is 15.4. The summed E-state index contributed by atoms with van der Waals surface area (Å²) in [6, 6.07) is 7.57. The van der Waals surface area contributed by atoms with Gasteiger partial charge in [0.15, 0.2) is 0 Å². The third-order valence-corrected chi connectivity index (χ3v) is 3.73. The third kappa shape index (κ3) is 3.27. The molecule has 1 heterocycles. The average Bonchev–Trinajstić information content (AvgIpc) is 2.53. The van der Waals surface area contributed by atoms with Crippen molar-refractivity contribution in [2.45, 2.75) is 13.8 Å². The first-order valence-electron chi connectivity index (χ1n) is 7.18. The summed E-state index contributed by atoms with van der Waals surface area (Å²) in [5, 5.41) is 9.04. The van der Waals surface area contributed by atoms with Crippen LogP contribution in [0.2, 0.25) is 0 Å². The van der Waals surface area contributed by atoms with Crippen molar-refractivity contribution in [3.05, 3.63) is 23.8 Å². The molecule has 0 aliphatic carbocycles. The van der Waals surface area contributed by atoms with E-state index >= 15 is 0 Å². The summed E-state index contributed by atoms with van der Waals surface area (Å²) in [7, 11) is 1.63. The highest BCUT2D eigenvalue weighted by Gasteiger charge is 2.24. The van der Waals surface area contributed by atoms with Crippen LogP contribution in [0.3, 0.4) is 0 Å². The number of carbonyl (C=O) groups is 1. The van der Waals surface area contributed by atoms with Crippen LogP contribution in [-0.4, -0.2) is 44.1 Å². The minimum Gasteiger partial charge on any atom is -0.495 e. The summed E-state index contributed by atoms with van der Waals surface area (Å²) >= 11 is 0. The van der Waals surface area contributed by atoms with Crippen molar-refractivity contribution < 1.29 is 9.53 Å². The average molecular weight is 287 g/mol. The predicted molar refractivity (Wildman–Crippen MR) is 81.3 cm³/mol. The van der Waals surface area contributed by atoms with Crippen molar-refractivity contribution in [1.29, 1.82) is 5.26 Å². The molecule has 112 valence electrons. The lowest BCUT2D eigenvalue weighted by Crippen LogP contribution is -2.50. The molecule has 1 fully saturated rings. The van der Waals surface area contributed by atoms with Gasteiger partial charge in [0.05, 0.1) is 24.4 Å². The normalized spacial score (nSPS) is 15.0. The molecule has 1 aromatic carbocycles. The van der Waals surface area contributed by atoms with Crippen molar-refractivity contribution in [3.63, 3.8) is 0 Å². The lowest BCUT2D eigenvalue weighted by atomic mass is 10.1. The molecule has 0 aromatic heterocycles. The third-order valence-electron chi connectivity index (χ3n) is 3.73. The maximum absolute atomic E-state index is 12.0. The molecule has 1 aliphatic heterocycles. The van der Waals surface area contributed by atoms with Gasteiger partial charge in [-0.1, -0.05) is 13.8 Å². The summed E-state index contributed by atoms with van der Waals surface area (Å²) in [4.78, 5) is 16.1. The first-order chi connectivity index (χ1) is 10.1. The van der Waals surface area contributed by atoms with Gasteiger partial charge in [0.2, 0.25) is 5.91 Å². The number of carbonyl (C=O) groups excluding carboxylic acids is 1. The summed E-state index contributed by atoms with van der Waals surface area (Å²) < 4.78 is 5.38. The van der Waals surface area contributed by atoms with E-state index in [1.807, 2.05) is 30.9 Å². The molecule has 5 nitrogen and oxygen atoms in total. The van der Waals surface area contributed by atoms with Gasteiger partial charge < -0.3 is 14.5 Å².